The van der Waals surface area contributed by atoms with Gasteiger partial charge in [-0.15, -0.1) is 0 Å². The first-order valence-electron chi connectivity index (χ1n) is 10.1. The van der Waals surface area contributed by atoms with Crippen LogP contribution in [0.25, 0.3) is 6.08 Å². The second-order valence-corrected chi connectivity index (χ2v) is 8.24. The van der Waals surface area contributed by atoms with Gasteiger partial charge in [-0.1, -0.05) is 11.3 Å². The third kappa shape index (κ3) is 4.85. The van der Waals surface area contributed by atoms with Crippen molar-refractivity contribution < 1.29 is 28.2 Å². The summed E-state index contributed by atoms with van der Waals surface area (Å²) >= 11 is 1.37. The highest BCUT2D eigenvalue weighted by atomic mass is 32.1. The molecule has 3 aromatic rings. The molecule has 1 aliphatic rings. The largest absolute Gasteiger partial charge is 0.493 e. The summed E-state index contributed by atoms with van der Waals surface area (Å²) in [6.07, 6.45) is 6.68. The van der Waals surface area contributed by atoms with Crippen molar-refractivity contribution in [1.82, 2.24) is 9.88 Å². The minimum absolute atomic E-state index is 0.119. The van der Waals surface area contributed by atoms with Gasteiger partial charge < -0.3 is 23.5 Å². The second-order valence-electron chi connectivity index (χ2n) is 7.16. The van der Waals surface area contributed by atoms with Crippen LogP contribution in [0.2, 0.25) is 0 Å². The first-order chi connectivity index (χ1) is 16.0. The van der Waals surface area contributed by atoms with E-state index in [2.05, 4.69) is 10.3 Å². The summed E-state index contributed by atoms with van der Waals surface area (Å²) in [6.45, 7) is 0.983. The third-order valence-electron chi connectivity index (χ3n) is 5.15. The molecule has 1 N–H and O–H groups in total. The molecule has 2 aromatic heterocycles. The zero-order valence-electron chi connectivity index (χ0n) is 18.4. The molecule has 1 aromatic carbocycles. The van der Waals surface area contributed by atoms with Crippen LogP contribution < -0.4 is 19.5 Å². The topological polar surface area (TPSA) is 103 Å². The Morgan fingerprint density at radius 3 is 2.58 bits per heavy atom. The maximum absolute atomic E-state index is 12.8. The van der Waals surface area contributed by atoms with Gasteiger partial charge in [-0.3, -0.25) is 14.9 Å². The lowest BCUT2D eigenvalue weighted by molar-refractivity contribution is -0.126. The Kier molecular flexibility index (Phi) is 6.64. The number of anilines is 1. The molecule has 0 saturated heterocycles. The Hall–Kier alpha value is -3.79. The molecule has 1 aliphatic heterocycles. The number of thiazole rings is 1. The molecule has 33 heavy (non-hydrogen) atoms. The quantitative estimate of drug-likeness (QED) is 0.527. The van der Waals surface area contributed by atoms with Crippen molar-refractivity contribution in [1.29, 1.82) is 0 Å². The van der Waals surface area contributed by atoms with Crippen LogP contribution in [0.3, 0.4) is 0 Å². The van der Waals surface area contributed by atoms with Gasteiger partial charge in [-0.25, -0.2) is 4.98 Å². The van der Waals surface area contributed by atoms with E-state index in [1.165, 1.54) is 37.0 Å². The first kappa shape index (κ1) is 22.4. The number of ether oxygens (including phenoxy) is 3. The van der Waals surface area contributed by atoms with Crippen molar-refractivity contribution in [3.63, 3.8) is 0 Å². The summed E-state index contributed by atoms with van der Waals surface area (Å²) in [4.78, 5) is 32.2. The molecule has 10 heteroatoms. The monoisotopic (exact) mass is 469 g/mol. The average molecular weight is 470 g/mol. The maximum atomic E-state index is 12.8. The van der Waals surface area contributed by atoms with E-state index >= 15 is 0 Å². The van der Waals surface area contributed by atoms with Gasteiger partial charge in [0.15, 0.2) is 16.6 Å². The zero-order chi connectivity index (χ0) is 23.4. The normalized spacial score (nSPS) is 13.0. The highest BCUT2D eigenvalue weighted by Gasteiger charge is 2.24. The molecule has 9 nitrogen and oxygen atoms in total. The Balaban J connectivity index is 1.43. The number of furan rings is 1. The van der Waals surface area contributed by atoms with E-state index < -0.39 is 0 Å². The van der Waals surface area contributed by atoms with Crippen LogP contribution in [0.1, 0.15) is 26.5 Å². The van der Waals surface area contributed by atoms with E-state index in [1.54, 1.807) is 43.4 Å². The van der Waals surface area contributed by atoms with E-state index in [9.17, 15) is 9.59 Å². The molecule has 0 spiro atoms. The molecule has 3 heterocycles. The number of carbonyl (C=O) groups is 2. The molecule has 0 saturated carbocycles. The van der Waals surface area contributed by atoms with Crippen molar-refractivity contribution in [3.8, 4) is 17.2 Å². The van der Waals surface area contributed by atoms with Crippen LogP contribution in [0, 0.1) is 0 Å². The van der Waals surface area contributed by atoms with E-state index in [0.29, 0.717) is 47.5 Å². The fraction of sp³-hybridized carbons (Fsp3) is 0.261. The van der Waals surface area contributed by atoms with Gasteiger partial charge in [-0.05, 0) is 29.8 Å². The summed E-state index contributed by atoms with van der Waals surface area (Å²) in [5.41, 5.74) is 2.08. The molecule has 0 unspecified atom stereocenters. The molecule has 0 radical (unpaired) electrons. The molecule has 2 amide bonds. The second kappa shape index (κ2) is 9.78. The Bertz CT molecular complexity index is 1160. The van der Waals surface area contributed by atoms with Gasteiger partial charge in [0.2, 0.25) is 11.7 Å². The van der Waals surface area contributed by atoms with Crippen LogP contribution in [0.5, 0.6) is 17.2 Å². The number of methoxy groups -OCH3 is 3. The summed E-state index contributed by atoms with van der Waals surface area (Å²) in [5, 5.41) is 3.29. The molecular formula is C23H23N3O6S. The first-order valence-corrected chi connectivity index (χ1v) is 10.9. The SMILES string of the molecule is COc1cc(/C=C/C(=O)N2CCc3nc(NC(=O)c4ccoc4)sc3C2)cc(OC)c1OC. The highest BCUT2D eigenvalue weighted by molar-refractivity contribution is 7.15. The van der Waals surface area contributed by atoms with Gasteiger partial charge in [-0.2, -0.15) is 0 Å². The van der Waals surface area contributed by atoms with Gasteiger partial charge in [0.1, 0.15) is 6.26 Å². The van der Waals surface area contributed by atoms with E-state index in [4.69, 9.17) is 18.6 Å². The molecule has 0 bridgehead atoms. The number of aromatic nitrogens is 1. The number of benzene rings is 1. The van der Waals surface area contributed by atoms with Crippen LogP contribution in [-0.4, -0.2) is 49.6 Å². The number of nitrogens with one attached hydrogen (secondary N) is 1. The number of amides is 2. The number of carbonyl (C=O) groups excluding carboxylic acids is 2. The lowest BCUT2D eigenvalue weighted by Crippen LogP contribution is -2.34. The van der Waals surface area contributed by atoms with Gasteiger partial charge in [0.25, 0.3) is 5.91 Å². The molecule has 0 aliphatic carbocycles. The van der Waals surface area contributed by atoms with Crippen LogP contribution in [0.4, 0.5) is 5.13 Å². The summed E-state index contributed by atoms with van der Waals surface area (Å²) in [7, 11) is 4.63. The fourth-order valence-electron chi connectivity index (χ4n) is 3.47. The van der Waals surface area contributed by atoms with E-state index in [0.717, 1.165) is 16.1 Å². The van der Waals surface area contributed by atoms with Crippen LogP contribution in [0.15, 0.2) is 41.2 Å². The lowest BCUT2D eigenvalue weighted by Gasteiger charge is -2.24. The third-order valence-corrected chi connectivity index (χ3v) is 6.15. The van der Waals surface area contributed by atoms with Crippen molar-refractivity contribution in [2.75, 3.05) is 33.2 Å². The smallest absolute Gasteiger partial charge is 0.260 e. The van der Waals surface area contributed by atoms with E-state index in [-0.39, 0.29) is 11.8 Å². The molecule has 172 valence electrons. The van der Waals surface area contributed by atoms with Crippen molar-refractivity contribution >= 4 is 34.4 Å². The minimum Gasteiger partial charge on any atom is -0.493 e. The lowest BCUT2D eigenvalue weighted by atomic mass is 10.1. The predicted octanol–water partition coefficient (Wildman–Crippen LogP) is 3.61. The van der Waals surface area contributed by atoms with Crippen molar-refractivity contribution in [2.45, 2.75) is 13.0 Å². The number of nitrogens with zero attached hydrogens (tertiary/aromatic N) is 2. The Morgan fingerprint density at radius 1 is 1.18 bits per heavy atom. The molecule has 0 atom stereocenters. The Morgan fingerprint density at radius 2 is 1.94 bits per heavy atom. The average Bonchev–Trinajstić information content (AvgIpc) is 3.51. The summed E-state index contributed by atoms with van der Waals surface area (Å²) in [6, 6.07) is 5.14. The van der Waals surface area contributed by atoms with Crippen molar-refractivity contribution in [3.05, 3.63) is 58.5 Å². The minimum atomic E-state index is -0.281. The summed E-state index contributed by atoms with van der Waals surface area (Å²) in [5.74, 6) is 1.12. The van der Waals surface area contributed by atoms with E-state index in [1.807, 2.05) is 0 Å². The maximum Gasteiger partial charge on any atom is 0.260 e. The predicted molar refractivity (Wildman–Crippen MR) is 123 cm³/mol. The molecular weight excluding hydrogens is 446 g/mol. The van der Waals surface area contributed by atoms with Crippen LogP contribution in [-0.2, 0) is 17.8 Å². The highest BCUT2D eigenvalue weighted by Crippen LogP contribution is 2.38. The molecule has 0 fully saturated rings. The zero-order valence-corrected chi connectivity index (χ0v) is 19.2. The fourth-order valence-corrected chi connectivity index (χ4v) is 4.49. The van der Waals surface area contributed by atoms with Gasteiger partial charge in [0.05, 0.1) is 45.4 Å². The number of rotatable bonds is 7. The number of fused-ring (bicyclic) bond motifs is 1. The molecule has 4 rings (SSSR count). The summed E-state index contributed by atoms with van der Waals surface area (Å²) < 4.78 is 21.0. The van der Waals surface area contributed by atoms with Crippen molar-refractivity contribution in [2.24, 2.45) is 0 Å². The van der Waals surface area contributed by atoms with Gasteiger partial charge >= 0.3 is 0 Å². The number of hydrogen-bond acceptors (Lipinski definition) is 8. The van der Waals surface area contributed by atoms with Crippen LogP contribution >= 0.6 is 11.3 Å². The van der Waals surface area contributed by atoms with Gasteiger partial charge in [0, 0.05) is 23.9 Å². The Labute approximate surface area is 194 Å². The standard InChI is InChI=1S/C23H23N3O6S/c1-29-17-10-14(11-18(30-2)21(17)31-3)4-5-20(27)26-8-6-16-19(12-26)33-23(24-16)25-22(28)15-7-9-32-13-15/h4-5,7,9-11,13H,6,8,12H2,1-3H3,(H,24,25,28)/b5-4+. The number of hydrogen-bond donors (Lipinski definition) is 1.